The van der Waals surface area contributed by atoms with Crippen molar-refractivity contribution < 1.29 is 14.7 Å². The quantitative estimate of drug-likeness (QED) is 0.555. The van der Waals surface area contributed by atoms with E-state index in [4.69, 9.17) is 4.84 Å². The molecule has 0 radical (unpaired) electrons. The van der Waals surface area contributed by atoms with Crippen molar-refractivity contribution in [3.05, 3.63) is 0 Å². The molecule has 0 bridgehead atoms. The summed E-state index contributed by atoms with van der Waals surface area (Å²) in [6, 6.07) is -0.149. The van der Waals surface area contributed by atoms with E-state index in [0.717, 1.165) is 6.42 Å². The fraction of sp³-hybridized carbons (Fsp3) is 0.875. The maximum Gasteiger partial charge on any atom is 0.225 e. The summed E-state index contributed by atoms with van der Waals surface area (Å²) in [7, 11) is 1.52. The van der Waals surface area contributed by atoms with Crippen molar-refractivity contribution in [2.24, 2.45) is 0 Å². The molecule has 13 heavy (non-hydrogen) atoms. The summed E-state index contributed by atoms with van der Waals surface area (Å²) >= 11 is 0. The van der Waals surface area contributed by atoms with E-state index in [1.54, 1.807) is 4.90 Å². The monoisotopic (exact) mass is 186 g/mol. The predicted molar refractivity (Wildman–Crippen MR) is 44.4 cm³/mol. The molecule has 5 nitrogen and oxygen atoms in total. The molecule has 1 amide bonds. The first kappa shape index (κ1) is 8.93. The number of fused-ring (bicyclic) bond motifs is 1. The molecule has 1 unspecified atom stereocenters. The molecular formula is C8H14N2O3. The summed E-state index contributed by atoms with van der Waals surface area (Å²) in [5.41, 5.74) is 1.73. The number of rotatable bonds is 2. The van der Waals surface area contributed by atoms with Crippen LogP contribution in [0.2, 0.25) is 0 Å². The topological polar surface area (TPSA) is 61.8 Å². The molecule has 2 aliphatic heterocycles. The van der Waals surface area contributed by atoms with Gasteiger partial charge in [0.25, 0.3) is 0 Å². The standard InChI is InChI=1S/C8H14N2O3/c1-13-9-6-3-5-10-7(11)2-4-8(6,10)12/h6,9,12H,2-5H2,1H3/t6-,8?/m0/s1. The second-order valence-corrected chi connectivity index (χ2v) is 3.59. The summed E-state index contributed by atoms with van der Waals surface area (Å²) in [6.07, 6.45) is 1.70. The van der Waals surface area contributed by atoms with Crippen molar-refractivity contribution in [1.29, 1.82) is 0 Å². The Morgan fingerprint density at radius 3 is 3.23 bits per heavy atom. The van der Waals surface area contributed by atoms with Gasteiger partial charge >= 0.3 is 0 Å². The Bertz CT molecular complexity index is 233. The Balaban J connectivity index is 2.15. The summed E-state index contributed by atoms with van der Waals surface area (Å²) in [5.74, 6) is 0.0444. The molecule has 0 aromatic heterocycles. The van der Waals surface area contributed by atoms with Crippen molar-refractivity contribution in [2.45, 2.75) is 31.0 Å². The van der Waals surface area contributed by atoms with Crippen LogP contribution in [0, 0.1) is 0 Å². The van der Waals surface area contributed by atoms with E-state index in [-0.39, 0.29) is 11.9 Å². The normalized spacial score (nSPS) is 38.5. The van der Waals surface area contributed by atoms with Crippen molar-refractivity contribution in [1.82, 2.24) is 10.4 Å². The predicted octanol–water partition coefficient (Wildman–Crippen LogP) is -0.779. The van der Waals surface area contributed by atoms with E-state index in [0.29, 0.717) is 19.4 Å². The Morgan fingerprint density at radius 1 is 1.77 bits per heavy atom. The molecule has 2 N–H and O–H groups in total. The van der Waals surface area contributed by atoms with Crippen LogP contribution in [0.4, 0.5) is 0 Å². The fourth-order valence-electron chi connectivity index (χ4n) is 2.24. The fourth-order valence-corrected chi connectivity index (χ4v) is 2.24. The number of hydroxylamine groups is 1. The number of carbonyl (C=O) groups excluding carboxylic acids is 1. The van der Waals surface area contributed by atoms with Crippen molar-refractivity contribution in [3.63, 3.8) is 0 Å². The van der Waals surface area contributed by atoms with E-state index in [9.17, 15) is 9.90 Å². The van der Waals surface area contributed by atoms with Gasteiger partial charge in [0, 0.05) is 19.4 Å². The minimum absolute atomic E-state index is 0.0444. The lowest BCUT2D eigenvalue weighted by Gasteiger charge is -2.30. The second kappa shape index (κ2) is 2.94. The molecule has 2 rings (SSSR count). The summed E-state index contributed by atoms with van der Waals surface area (Å²) in [5, 5.41) is 10.2. The van der Waals surface area contributed by atoms with Crippen LogP contribution in [-0.4, -0.2) is 41.3 Å². The van der Waals surface area contributed by atoms with Gasteiger partial charge in [-0.05, 0) is 6.42 Å². The van der Waals surface area contributed by atoms with Gasteiger partial charge in [-0.15, -0.1) is 0 Å². The van der Waals surface area contributed by atoms with Crippen LogP contribution in [0.25, 0.3) is 0 Å². The first-order chi connectivity index (χ1) is 6.18. The summed E-state index contributed by atoms with van der Waals surface area (Å²) in [6.45, 7) is 0.621. The Labute approximate surface area is 76.6 Å². The first-order valence-electron chi connectivity index (χ1n) is 4.50. The lowest BCUT2D eigenvalue weighted by molar-refractivity contribution is -0.145. The average Bonchev–Trinajstić information content (AvgIpc) is 2.55. The van der Waals surface area contributed by atoms with Crippen molar-refractivity contribution in [2.75, 3.05) is 13.7 Å². The summed E-state index contributed by atoms with van der Waals surface area (Å²) in [4.78, 5) is 17.6. The van der Waals surface area contributed by atoms with Crippen LogP contribution >= 0.6 is 0 Å². The van der Waals surface area contributed by atoms with Gasteiger partial charge in [-0.3, -0.25) is 4.79 Å². The SMILES string of the molecule is CON[C@H]1CCN2C(=O)CCC12O. The Morgan fingerprint density at radius 2 is 2.54 bits per heavy atom. The third-order valence-corrected chi connectivity index (χ3v) is 2.93. The van der Waals surface area contributed by atoms with Gasteiger partial charge in [-0.1, -0.05) is 0 Å². The van der Waals surface area contributed by atoms with Crippen LogP contribution in [0.5, 0.6) is 0 Å². The zero-order chi connectivity index (χ0) is 9.47. The van der Waals surface area contributed by atoms with Crippen molar-refractivity contribution in [3.8, 4) is 0 Å². The van der Waals surface area contributed by atoms with E-state index < -0.39 is 5.72 Å². The molecule has 0 saturated carbocycles. The lowest BCUT2D eigenvalue weighted by atomic mass is 10.0. The van der Waals surface area contributed by atoms with E-state index in [1.165, 1.54) is 7.11 Å². The van der Waals surface area contributed by atoms with Gasteiger partial charge in [-0.25, -0.2) is 0 Å². The maximum atomic E-state index is 11.3. The molecule has 2 saturated heterocycles. The zero-order valence-electron chi connectivity index (χ0n) is 7.62. The zero-order valence-corrected chi connectivity index (χ0v) is 7.62. The third kappa shape index (κ3) is 1.15. The molecule has 0 aromatic rings. The van der Waals surface area contributed by atoms with Crippen LogP contribution in [0.3, 0.4) is 0 Å². The molecule has 0 aromatic carbocycles. The van der Waals surface area contributed by atoms with Gasteiger partial charge < -0.3 is 14.8 Å². The average molecular weight is 186 g/mol. The van der Waals surface area contributed by atoms with Gasteiger partial charge in [0.05, 0.1) is 13.2 Å². The van der Waals surface area contributed by atoms with Gasteiger partial charge in [0.1, 0.15) is 0 Å². The number of nitrogens with one attached hydrogen (secondary N) is 1. The second-order valence-electron chi connectivity index (χ2n) is 3.59. The number of carbonyl (C=O) groups is 1. The number of hydrogen-bond acceptors (Lipinski definition) is 4. The number of nitrogens with zero attached hydrogens (tertiary/aromatic N) is 1. The number of aliphatic hydroxyl groups is 1. The van der Waals surface area contributed by atoms with Crippen LogP contribution in [-0.2, 0) is 9.63 Å². The lowest BCUT2D eigenvalue weighted by Crippen LogP contribution is -2.52. The molecule has 2 aliphatic rings. The minimum atomic E-state index is -1.01. The highest BCUT2D eigenvalue weighted by Crippen LogP contribution is 2.37. The summed E-state index contributed by atoms with van der Waals surface area (Å²) < 4.78 is 0. The highest BCUT2D eigenvalue weighted by atomic mass is 16.6. The molecule has 0 aliphatic carbocycles. The van der Waals surface area contributed by atoms with Gasteiger partial charge in [0.2, 0.25) is 5.91 Å². The van der Waals surface area contributed by atoms with E-state index in [2.05, 4.69) is 5.48 Å². The highest BCUT2D eigenvalue weighted by Gasteiger charge is 2.53. The largest absolute Gasteiger partial charge is 0.369 e. The smallest absolute Gasteiger partial charge is 0.225 e. The number of amides is 1. The first-order valence-corrected chi connectivity index (χ1v) is 4.50. The maximum absolute atomic E-state index is 11.3. The van der Waals surface area contributed by atoms with Gasteiger partial charge in [-0.2, -0.15) is 5.48 Å². The molecular weight excluding hydrogens is 172 g/mol. The Kier molecular flexibility index (Phi) is 2.02. The molecule has 5 heteroatoms. The Hall–Kier alpha value is -0.650. The van der Waals surface area contributed by atoms with Crippen LogP contribution in [0.1, 0.15) is 19.3 Å². The molecule has 74 valence electrons. The van der Waals surface area contributed by atoms with E-state index in [1.807, 2.05) is 0 Å². The minimum Gasteiger partial charge on any atom is -0.369 e. The third-order valence-electron chi connectivity index (χ3n) is 2.93. The van der Waals surface area contributed by atoms with Crippen LogP contribution in [0.15, 0.2) is 0 Å². The van der Waals surface area contributed by atoms with Crippen LogP contribution < -0.4 is 5.48 Å². The molecule has 2 atom stereocenters. The molecule has 2 heterocycles. The van der Waals surface area contributed by atoms with E-state index >= 15 is 0 Å². The molecule has 2 fully saturated rings. The number of hydrogen-bond donors (Lipinski definition) is 2. The van der Waals surface area contributed by atoms with Gasteiger partial charge in [0.15, 0.2) is 5.72 Å². The van der Waals surface area contributed by atoms with Crippen molar-refractivity contribution >= 4 is 5.91 Å². The molecule has 0 spiro atoms. The highest BCUT2D eigenvalue weighted by molar-refractivity contribution is 5.80.